The van der Waals surface area contributed by atoms with Crippen molar-refractivity contribution in [2.75, 3.05) is 0 Å². The molecule has 248 valence electrons. The average molecular weight is 660 g/mol. The van der Waals surface area contributed by atoms with Crippen LogP contribution < -0.4 is 0 Å². The number of pyridine rings is 2. The van der Waals surface area contributed by atoms with Gasteiger partial charge < -0.3 is 4.40 Å². The zero-order valence-electron chi connectivity index (χ0n) is 29.7. The molecule has 3 nitrogen and oxygen atoms in total. The summed E-state index contributed by atoms with van der Waals surface area (Å²) in [5.74, 6) is 6.53. The molecule has 4 bridgehead atoms. The van der Waals surface area contributed by atoms with Crippen LogP contribution in [0.2, 0.25) is 0 Å². The van der Waals surface area contributed by atoms with Gasteiger partial charge in [-0.2, -0.15) is 0 Å². The normalized spacial score (nSPS) is 38.6. The molecule has 9 aliphatic carbocycles. The third-order valence-corrected chi connectivity index (χ3v) is 18.9. The van der Waals surface area contributed by atoms with Gasteiger partial charge >= 0.3 is 0 Å². The number of fused-ring (bicyclic) bond motifs is 22. The smallest absolute Gasteiger partial charge is 0.0728 e. The summed E-state index contributed by atoms with van der Waals surface area (Å²) in [7, 11) is 0. The molecule has 3 heteroatoms. The molecular weight excluding hydrogens is 619 g/mol. The lowest BCUT2D eigenvalue weighted by molar-refractivity contribution is -0.147. The van der Waals surface area contributed by atoms with Crippen LogP contribution in [0, 0.1) is 41.4 Å². The van der Waals surface area contributed by atoms with E-state index in [9.17, 15) is 0 Å². The number of hydrogen-bond acceptors (Lipinski definition) is 2. The van der Waals surface area contributed by atoms with E-state index < -0.39 is 0 Å². The first kappa shape index (κ1) is 25.9. The predicted octanol–water partition coefficient (Wildman–Crippen LogP) is 11.4. The van der Waals surface area contributed by atoms with Gasteiger partial charge in [-0.05, 0) is 160 Å². The zero-order valence-corrected chi connectivity index (χ0v) is 29.7. The van der Waals surface area contributed by atoms with Gasteiger partial charge in [0.2, 0.25) is 0 Å². The molecular formula is C48H41N3. The van der Waals surface area contributed by atoms with Crippen LogP contribution in [0.25, 0.3) is 60.0 Å². The van der Waals surface area contributed by atoms with E-state index in [1.54, 1.807) is 32.8 Å². The Bertz CT molecular complexity index is 2940. The summed E-state index contributed by atoms with van der Waals surface area (Å²) >= 11 is 0. The summed E-state index contributed by atoms with van der Waals surface area (Å²) < 4.78 is 2.70. The molecule has 51 heavy (non-hydrogen) atoms. The van der Waals surface area contributed by atoms with Crippen molar-refractivity contribution in [2.45, 2.75) is 101 Å². The van der Waals surface area contributed by atoms with E-state index in [1.165, 1.54) is 118 Å². The van der Waals surface area contributed by atoms with Gasteiger partial charge in [-0.1, -0.05) is 44.2 Å². The molecule has 10 atom stereocenters. The predicted molar refractivity (Wildman–Crippen MR) is 203 cm³/mol. The van der Waals surface area contributed by atoms with Crippen molar-refractivity contribution in [3.63, 3.8) is 0 Å². The van der Waals surface area contributed by atoms with E-state index in [0.29, 0.717) is 34.5 Å². The van der Waals surface area contributed by atoms with Gasteiger partial charge in [-0.15, -0.1) is 0 Å². The van der Waals surface area contributed by atoms with Crippen molar-refractivity contribution >= 4 is 48.9 Å². The minimum Gasteiger partial charge on any atom is -0.305 e. The standard InChI is InChI=1S/C48H41N3/c1-20-8-31-38(28-7-5-4-6-27(20)28)29-15-30-39-34(18-49-43-32-13-25-11-23-9-21(36(39)43)16-47(23,25)32)51-35-19-50-44-33-14-26-12-24-10-22(17-48(24,26)33)37(44)40(35)41(45(30)51)42(29)46(31,2)3/h4-8,15,18-19,21-26,32-33H,9-14,16-17H2,1-3H3. The fourth-order valence-electron chi connectivity index (χ4n) is 17.2. The van der Waals surface area contributed by atoms with Crippen LogP contribution in [0.1, 0.15) is 128 Å². The van der Waals surface area contributed by atoms with Gasteiger partial charge in [0.15, 0.2) is 0 Å². The van der Waals surface area contributed by atoms with E-state index >= 15 is 0 Å². The molecule has 2 spiro atoms. The summed E-state index contributed by atoms with van der Waals surface area (Å²) in [5.41, 5.74) is 19.1. The Morgan fingerprint density at radius 1 is 0.667 bits per heavy atom. The lowest BCUT2D eigenvalue weighted by atomic mass is 9.37. The Kier molecular flexibility index (Phi) is 3.71. The number of benzene rings is 3. The Labute approximate surface area is 297 Å². The monoisotopic (exact) mass is 659 g/mol. The van der Waals surface area contributed by atoms with Crippen LogP contribution in [-0.4, -0.2) is 14.4 Å². The summed E-state index contributed by atoms with van der Waals surface area (Å²) in [6, 6.07) is 14.5. The van der Waals surface area contributed by atoms with Crippen LogP contribution >= 0.6 is 0 Å². The average Bonchev–Trinajstić information content (AvgIpc) is 3.90. The highest BCUT2D eigenvalue weighted by molar-refractivity contribution is 6.28. The third-order valence-electron chi connectivity index (χ3n) is 18.9. The fourth-order valence-corrected chi connectivity index (χ4v) is 17.2. The van der Waals surface area contributed by atoms with Crippen LogP contribution in [0.15, 0.2) is 48.8 Å². The number of rotatable bonds is 0. The molecule has 0 N–H and O–H groups in total. The van der Waals surface area contributed by atoms with Crippen molar-refractivity contribution in [2.24, 2.45) is 34.5 Å². The Morgan fingerprint density at radius 2 is 1.27 bits per heavy atom. The second-order valence-electron chi connectivity index (χ2n) is 20.2. The van der Waals surface area contributed by atoms with Crippen molar-refractivity contribution in [3.05, 3.63) is 88.0 Å². The van der Waals surface area contributed by atoms with Gasteiger partial charge in [0.25, 0.3) is 0 Å². The molecule has 4 heterocycles. The fraction of sp³-hybridized carbons (Fsp3) is 0.458. The SMILES string of the molecule is Cc1cc2c(c3ccccc13)-c1cc3c4c5c(ncc4n4c6cnc7c(c6c(c1C2(C)C)c34)C1CC2CC3CC7C23C1)C1CC2CC3CC5CC321. The topological polar surface area (TPSA) is 30.2 Å². The number of hydrogen-bond donors (Lipinski definition) is 0. The van der Waals surface area contributed by atoms with Crippen molar-refractivity contribution in [1.82, 2.24) is 14.4 Å². The Morgan fingerprint density at radius 3 is 1.94 bits per heavy atom. The quantitative estimate of drug-likeness (QED) is 0.162. The van der Waals surface area contributed by atoms with E-state index in [1.807, 2.05) is 0 Å². The molecule has 0 radical (unpaired) electrons. The van der Waals surface area contributed by atoms with Gasteiger partial charge in [0, 0.05) is 50.2 Å². The third kappa shape index (κ3) is 2.25. The molecule has 6 fully saturated rings. The first-order chi connectivity index (χ1) is 24.9. The van der Waals surface area contributed by atoms with E-state index in [4.69, 9.17) is 9.97 Å². The molecule has 9 aliphatic rings. The first-order valence-electron chi connectivity index (χ1n) is 20.5. The molecule has 0 saturated heterocycles. The molecule has 16 rings (SSSR count). The van der Waals surface area contributed by atoms with Gasteiger partial charge in [0.1, 0.15) is 0 Å². The van der Waals surface area contributed by atoms with Crippen molar-refractivity contribution in [1.29, 1.82) is 0 Å². The highest BCUT2D eigenvalue weighted by atomic mass is 15.0. The minimum absolute atomic E-state index is 0.107. The van der Waals surface area contributed by atoms with Crippen LogP contribution in [0.4, 0.5) is 0 Å². The van der Waals surface area contributed by atoms with Gasteiger partial charge in [0.05, 0.1) is 28.9 Å². The summed E-state index contributed by atoms with van der Waals surface area (Å²) in [6.45, 7) is 7.41. The Balaban J connectivity index is 1.12. The molecule has 3 aromatic carbocycles. The zero-order chi connectivity index (χ0) is 32.8. The minimum atomic E-state index is -0.107. The van der Waals surface area contributed by atoms with Crippen LogP contribution in [0.3, 0.4) is 0 Å². The molecule has 4 aromatic heterocycles. The summed E-state index contributed by atoms with van der Waals surface area (Å²) in [5, 5.41) is 9.02. The van der Waals surface area contributed by atoms with E-state index in [-0.39, 0.29) is 5.41 Å². The lowest BCUT2D eigenvalue weighted by Gasteiger charge is -2.67. The highest BCUT2D eigenvalue weighted by Gasteiger charge is 2.74. The highest BCUT2D eigenvalue weighted by Crippen LogP contribution is 2.83. The number of aryl methyl sites for hydroxylation is 1. The summed E-state index contributed by atoms with van der Waals surface area (Å²) in [6.07, 6.45) is 16.0. The maximum Gasteiger partial charge on any atom is 0.0728 e. The maximum absolute atomic E-state index is 5.57. The second kappa shape index (κ2) is 7.30. The first-order valence-corrected chi connectivity index (χ1v) is 20.5. The van der Waals surface area contributed by atoms with Crippen molar-refractivity contribution in [3.8, 4) is 11.1 Å². The van der Waals surface area contributed by atoms with E-state index in [0.717, 1.165) is 23.7 Å². The largest absolute Gasteiger partial charge is 0.305 e. The summed E-state index contributed by atoms with van der Waals surface area (Å²) in [4.78, 5) is 11.1. The van der Waals surface area contributed by atoms with Crippen molar-refractivity contribution < 1.29 is 0 Å². The number of aromatic nitrogens is 3. The molecule has 7 aromatic rings. The molecule has 0 aliphatic heterocycles. The van der Waals surface area contributed by atoms with Crippen LogP contribution in [-0.2, 0) is 5.41 Å². The van der Waals surface area contributed by atoms with Crippen LogP contribution in [0.5, 0.6) is 0 Å². The molecule has 0 amide bonds. The molecule has 6 saturated carbocycles. The number of nitrogens with zero attached hydrogens (tertiary/aromatic N) is 3. The molecule has 10 unspecified atom stereocenters. The Hall–Kier alpha value is -3.98. The van der Waals surface area contributed by atoms with Gasteiger partial charge in [-0.25, -0.2) is 0 Å². The second-order valence-corrected chi connectivity index (χ2v) is 20.2. The van der Waals surface area contributed by atoms with Gasteiger partial charge in [-0.3, -0.25) is 9.97 Å². The van der Waals surface area contributed by atoms with E-state index in [2.05, 4.69) is 74.0 Å². The lowest BCUT2D eigenvalue weighted by Crippen LogP contribution is -2.59. The maximum atomic E-state index is 5.57.